The first-order chi connectivity index (χ1) is 7.50. The molecule has 4 heteroatoms. The molecule has 1 saturated heterocycles. The summed E-state index contributed by atoms with van der Waals surface area (Å²) in [7, 11) is 0. The molecule has 0 saturated carbocycles. The van der Waals surface area contributed by atoms with Crippen LogP contribution in [0, 0.1) is 11.8 Å². The van der Waals surface area contributed by atoms with Crippen molar-refractivity contribution < 1.29 is 13.6 Å². The molecule has 16 heavy (non-hydrogen) atoms. The van der Waals surface area contributed by atoms with E-state index in [1.54, 1.807) is 6.92 Å². The van der Waals surface area contributed by atoms with Crippen LogP contribution in [0.5, 0.6) is 0 Å². The quantitative estimate of drug-likeness (QED) is 0.632. The lowest BCUT2D eigenvalue weighted by atomic mass is 9.93. The van der Waals surface area contributed by atoms with Crippen LogP contribution in [0.15, 0.2) is 12.2 Å². The van der Waals surface area contributed by atoms with Gasteiger partial charge in [-0.15, -0.1) is 0 Å². The van der Waals surface area contributed by atoms with Gasteiger partial charge in [0.2, 0.25) is 5.91 Å². The largest absolute Gasteiger partial charge is 0.336 e. The van der Waals surface area contributed by atoms with Crippen LogP contribution in [0.3, 0.4) is 0 Å². The number of likely N-dealkylation sites (tertiary alicyclic amines) is 1. The molecule has 0 radical (unpaired) electrons. The fourth-order valence-corrected chi connectivity index (χ4v) is 2.32. The molecular weight excluding hydrogens is 212 g/mol. The van der Waals surface area contributed by atoms with E-state index in [9.17, 15) is 13.6 Å². The van der Waals surface area contributed by atoms with E-state index in [-0.39, 0.29) is 11.8 Å². The number of alkyl halides is 2. The van der Waals surface area contributed by atoms with Crippen molar-refractivity contribution in [2.75, 3.05) is 13.1 Å². The van der Waals surface area contributed by atoms with E-state index < -0.39 is 18.4 Å². The maximum absolute atomic E-state index is 13.5. The Bertz CT molecular complexity index is 306. The number of allylic oxidation sites excluding steroid dienone is 2. The van der Waals surface area contributed by atoms with E-state index in [1.807, 2.05) is 12.2 Å². The van der Waals surface area contributed by atoms with Crippen molar-refractivity contribution in [3.8, 4) is 0 Å². The van der Waals surface area contributed by atoms with Gasteiger partial charge in [-0.05, 0) is 19.3 Å². The highest BCUT2D eigenvalue weighted by molar-refractivity contribution is 5.79. The third-order valence-corrected chi connectivity index (χ3v) is 3.62. The maximum atomic E-state index is 13.5. The van der Waals surface area contributed by atoms with Gasteiger partial charge in [0.05, 0.1) is 6.54 Å². The first-order valence-corrected chi connectivity index (χ1v) is 5.82. The molecule has 90 valence electrons. The highest BCUT2D eigenvalue weighted by Crippen LogP contribution is 2.33. The van der Waals surface area contributed by atoms with E-state index in [2.05, 4.69) is 0 Å². The minimum Gasteiger partial charge on any atom is -0.336 e. The standard InChI is InChI=1S/C12H17F2NO/c1-9-6-7-15(8-12(9,13)14)11(16)10-4-2-3-5-10/h2-3,9-10H,4-8H2,1H3. The van der Waals surface area contributed by atoms with E-state index in [4.69, 9.17) is 0 Å². The molecule has 1 unspecified atom stereocenters. The molecule has 0 spiro atoms. The predicted octanol–water partition coefficient (Wildman–Crippen LogP) is 2.46. The van der Waals surface area contributed by atoms with Crippen molar-refractivity contribution in [2.45, 2.75) is 32.1 Å². The second kappa shape index (κ2) is 4.15. The second-order valence-electron chi connectivity index (χ2n) is 4.85. The zero-order chi connectivity index (χ0) is 11.8. The average molecular weight is 229 g/mol. The Labute approximate surface area is 94.3 Å². The van der Waals surface area contributed by atoms with Gasteiger partial charge in [-0.25, -0.2) is 8.78 Å². The summed E-state index contributed by atoms with van der Waals surface area (Å²) in [6, 6.07) is 0. The van der Waals surface area contributed by atoms with Crippen molar-refractivity contribution in [3.63, 3.8) is 0 Å². The van der Waals surface area contributed by atoms with Gasteiger partial charge in [0.15, 0.2) is 0 Å². The van der Waals surface area contributed by atoms with Gasteiger partial charge in [-0.2, -0.15) is 0 Å². The summed E-state index contributed by atoms with van der Waals surface area (Å²) < 4.78 is 27.0. The summed E-state index contributed by atoms with van der Waals surface area (Å²) in [6.45, 7) is 1.63. The topological polar surface area (TPSA) is 20.3 Å². The molecule has 1 atom stereocenters. The van der Waals surface area contributed by atoms with Gasteiger partial charge < -0.3 is 4.90 Å². The minimum absolute atomic E-state index is 0.0933. The van der Waals surface area contributed by atoms with E-state index >= 15 is 0 Å². The average Bonchev–Trinajstić information content (AvgIpc) is 2.74. The summed E-state index contributed by atoms with van der Waals surface area (Å²) in [4.78, 5) is 13.3. The molecule has 1 fully saturated rings. The van der Waals surface area contributed by atoms with Gasteiger partial charge in [0, 0.05) is 18.4 Å². The van der Waals surface area contributed by atoms with Gasteiger partial charge in [-0.1, -0.05) is 19.1 Å². The minimum atomic E-state index is -2.72. The molecule has 0 N–H and O–H groups in total. The number of amides is 1. The van der Waals surface area contributed by atoms with Crippen LogP contribution in [0.25, 0.3) is 0 Å². The summed E-state index contributed by atoms with van der Waals surface area (Å²) in [5, 5.41) is 0. The first-order valence-electron chi connectivity index (χ1n) is 5.82. The van der Waals surface area contributed by atoms with Crippen LogP contribution in [0.4, 0.5) is 8.78 Å². The number of hydrogen-bond acceptors (Lipinski definition) is 1. The Morgan fingerprint density at radius 3 is 2.56 bits per heavy atom. The van der Waals surface area contributed by atoms with Crippen molar-refractivity contribution in [1.82, 2.24) is 4.90 Å². The lowest BCUT2D eigenvalue weighted by Crippen LogP contribution is -2.51. The predicted molar refractivity (Wildman–Crippen MR) is 57.2 cm³/mol. The van der Waals surface area contributed by atoms with Crippen LogP contribution in [0.1, 0.15) is 26.2 Å². The lowest BCUT2D eigenvalue weighted by molar-refractivity contribution is -0.152. The third-order valence-electron chi connectivity index (χ3n) is 3.62. The summed E-state index contributed by atoms with van der Waals surface area (Å²) in [5.74, 6) is -3.53. The van der Waals surface area contributed by atoms with Crippen LogP contribution in [-0.2, 0) is 4.79 Å². The molecule has 2 nitrogen and oxygen atoms in total. The van der Waals surface area contributed by atoms with Crippen LogP contribution >= 0.6 is 0 Å². The lowest BCUT2D eigenvalue weighted by Gasteiger charge is -2.37. The third kappa shape index (κ3) is 2.11. The number of halogens is 2. The fraction of sp³-hybridized carbons (Fsp3) is 0.750. The van der Waals surface area contributed by atoms with Gasteiger partial charge in [-0.3, -0.25) is 4.79 Å². The molecule has 1 amide bonds. The Morgan fingerprint density at radius 2 is 2.00 bits per heavy atom. The molecule has 1 aliphatic heterocycles. The van der Waals surface area contributed by atoms with E-state index in [0.717, 1.165) is 0 Å². The van der Waals surface area contributed by atoms with Crippen LogP contribution < -0.4 is 0 Å². The van der Waals surface area contributed by atoms with Gasteiger partial charge >= 0.3 is 0 Å². The van der Waals surface area contributed by atoms with Crippen LogP contribution in [-0.4, -0.2) is 29.8 Å². The highest BCUT2D eigenvalue weighted by atomic mass is 19.3. The normalized spacial score (nSPS) is 29.7. The molecule has 0 bridgehead atoms. The molecule has 1 aliphatic carbocycles. The van der Waals surface area contributed by atoms with Crippen LogP contribution in [0.2, 0.25) is 0 Å². The highest BCUT2D eigenvalue weighted by Gasteiger charge is 2.44. The Morgan fingerprint density at radius 1 is 1.38 bits per heavy atom. The van der Waals surface area contributed by atoms with Crippen molar-refractivity contribution in [1.29, 1.82) is 0 Å². The van der Waals surface area contributed by atoms with Gasteiger partial charge in [0.25, 0.3) is 5.92 Å². The Kier molecular flexibility index (Phi) is 3.00. The van der Waals surface area contributed by atoms with Crippen molar-refractivity contribution >= 4 is 5.91 Å². The second-order valence-corrected chi connectivity index (χ2v) is 4.85. The number of carbonyl (C=O) groups is 1. The molecule has 0 aromatic heterocycles. The zero-order valence-electron chi connectivity index (χ0n) is 9.46. The number of nitrogens with zero attached hydrogens (tertiary/aromatic N) is 1. The molecule has 2 aliphatic rings. The number of rotatable bonds is 1. The van der Waals surface area contributed by atoms with E-state index in [0.29, 0.717) is 25.8 Å². The number of carbonyl (C=O) groups excluding carboxylic acids is 1. The zero-order valence-corrected chi connectivity index (χ0v) is 9.46. The monoisotopic (exact) mass is 229 g/mol. The van der Waals surface area contributed by atoms with Crippen molar-refractivity contribution in [2.24, 2.45) is 11.8 Å². The molecular formula is C12H17F2NO. The van der Waals surface area contributed by atoms with Gasteiger partial charge in [0.1, 0.15) is 0 Å². The first kappa shape index (κ1) is 11.6. The summed E-state index contributed by atoms with van der Waals surface area (Å²) in [6.07, 6.45) is 5.71. The molecule has 1 heterocycles. The fourth-order valence-electron chi connectivity index (χ4n) is 2.32. The number of hydrogen-bond donors (Lipinski definition) is 0. The smallest absolute Gasteiger partial charge is 0.267 e. The molecule has 2 rings (SSSR count). The SMILES string of the molecule is CC1CCN(C(=O)C2CC=CC2)CC1(F)F. The summed E-state index contributed by atoms with van der Waals surface area (Å²) >= 11 is 0. The molecule has 0 aromatic rings. The maximum Gasteiger partial charge on any atom is 0.267 e. The number of piperidine rings is 1. The Hall–Kier alpha value is -0.930. The van der Waals surface area contributed by atoms with Crippen molar-refractivity contribution in [3.05, 3.63) is 12.2 Å². The van der Waals surface area contributed by atoms with E-state index in [1.165, 1.54) is 4.90 Å². The Balaban J connectivity index is 1.98. The molecule has 0 aromatic carbocycles. The summed E-state index contributed by atoms with van der Waals surface area (Å²) in [5.41, 5.74) is 0.